The topological polar surface area (TPSA) is 62.7 Å². The fourth-order valence-corrected chi connectivity index (χ4v) is 3.52. The number of nitrogens with zero attached hydrogens (tertiary/aromatic N) is 2. The third kappa shape index (κ3) is 3.79. The van der Waals surface area contributed by atoms with Gasteiger partial charge in [0.1, 0.15) is 17.6 Å². The van der Waals surface area contributed by atoms with Crippen molar-refractivity contribution in [3.63, 3.8) is 0 Å². The summed E-state index contributed by atoms with van der Waals surface area (Å²) in [6.45, 7) is 0.647. The smallest absolute Gasteiger partial charge is 0.320 e. The number of hydrogen-bond donors (Lipinski definition) is 1. The molecule has 1 aromatic carbocycles. The molecule has 3 rings (SSSR count). The Morgan fingerprint density at radius 2 is 2.28 bits per heavy atom. The Hall–Kier alpha value is -2.47. The van der Waals surface area contributed by atoms with E-state index in [-0.39, 0.29) is 11.9 Å². The summed E-state index contributed by atoms with van der Waals surface area (Å²) in [7, 11) is 1.53. The Kier molecular flexibility index (Phi) is 5.28. The fourth-order valence-electron chi connectivity index (χ4n) is 3.52. The number of carbonyl (C=O) groups is 1. The van der Waals surface area contributed by atoms with E-state index in [2.05, 4.69) is 4.98 Å². The van der Waals surface area contributed by atoms with Crippen molar-refractivity contribution in [1.29, 1.82) is 0 Å². The first-order chi connectivity index (χ1) is 12.1. The number of pyridine rings is 1. The predicted molar refractivity (Wildman–Crippen MR) is 91.0 cm³/mol. The van der Waals surface area contributed by atoms with Gasteiger partial charge in [0.15, 0.2) is 0 Å². The molecule has 0 spiro atoms. The van der Waals surface area contributed by atoms with Crippen LogP contribution in [-0.4, -0.2) is 40.7 Å². The molecule has 6 heteroatoms. The molecule has 2 aromatic rings. The highest BCUT2D eigenvalue weighted by molar-refractivity contribution is 5.74. The van der Waals surface area contributed by atoms with E-state index in [4.69, 9.17) is 4.74 Å². The summed E-state index contributed by atoms with van der Waals surface area (Å²) in [5, 5.41) is 9.56. The Bertz CT molecular complexity index is 739. The van der Waals surface area contributed by atoms with Gasteiger partial charge in [-0.15, -0.1) is 0 Å². The lowest BCUT2D eigenvalue weighted by Crippen LogP contribution is -2.39. The van der Waals surface area contributed by atoms with E-state index in [1.165, 1.54) is 19.2 Å². The van der Waals surface area contributed by atoms with E-state index >= 15 is 0 Å². The van der Waals surface area contributed by atoms with Gasteiger partial charge in [-0.25, -0.2) is 4.39 Å². The van der Waals surface area contributed by atoms with Crippen molar-refractivity contribution in [1.82, 2.24) is 9.88 Å². The van der Waals surface area contributed by atoms with Gasteiger partial charge in [0, 0.05) is 29.9 Å². The normalized spacial score (nSPS) is 18.9. The van der Waals surface area contributed by atoms with Crippen molar-refractivity contribution in [2.75, 3.05) is 13.7 Å². The highest BCUT2D eigenvalue weighted by Gasteiger charge is 2.37. The number of benzene rings is 1. The summed E-state index contributed by atoms with van der Waals surface area (Å²) in [6, 6.07) is 9.08. The van der Waals surface area contributed by atoms with E-state index < -0.39 is 12.0 Å². The van der Waals surface area contributed by atoms with Crippen molar-refractivity contribution in [3.8, 4) is 5.75 Å². The minimum Gasteiger partial charge on any atom is -0.496 e. The number of carboxylic acids is 1. The largest absolute Gasteiger partial charge is 0.496 e. The summed E-state index contributed by atoms with van der Waals surface area (Å²) in [4.78, 5) is 17.9. The van der Waals surface area contributed by atoms with Crippen LogP contribution in [0.1, 0.15) is 30.1 Å². The number of aromatic nitrogens is 1. The number of methoxy groups -OCH3 is 1. The van der Waals surface area contributed by atoms with Gasteiger partial charge < -0.3 is 9.84 Å². The number of halogens is 1. The quantitative estimate of drug-likeness (QED) is 0.873. The van der Waals surface area contributed by atoms with Crippen LogP contribution >= 0.6 is 0 Å². The van der Waals surface area contributed by atoms with Crippen LogP contribution < -0.4 is 4.74 Å². The summed E-state index contributed by atoms with van der Waals surface area (Å²) >= 11 is 0. The second-order valence-electron chi connectivity index (χ2n) is 6.16. The number of hydrogen-bond acceptors (Lipinski definition) is 4. The van der Waals surface area contributed by atoms with Crippen molar-refractivity contribution < 1.29 is 19.0 Å². The van der Waals surface area contributed by atoms with Gasteiger partial charge in [-0.3, -0.25) is 14.7 Å². The molecule has 0 bridgehead atoms. The summed E-state index contributed by atoms with van der Waals surface area (Å²) in [6.07, 6.45) is 3.58. The summed E-state index contributed by atoms with van der Waals surface area (Å²) < 4.78 is 19.3. The summed E-state index contributed by atoms with van der Waals surface area (Å²) in [5.41, 5.74) is 1.48. The predicted octanol–water partition coefficient (Wildman–Crippen LogP) is 3.06. The molecule has 1 saturated heterocycles. The first-order valence-corrected chi connectivity index (χ1v) is 8.32. The maximum atomic E-state index is 13.9. The maximum absolute atomic E-state index is 13.9. The van der Waals surface area contributed by atoms with Crippen molar-refractivity contribution in [2.24, 2.45) is 0 Å². The highest BCUT2D eigenvalue weighted by atomic mass is 19.1. The Balaban J connectivity index is 2.03. The molecule has 1 aliphatic heterocycles. The second-order valence-corrected chi connectivity index (χ2v) is 6.16. The zero-order chi connectivity index (χ0) is 17.8. The lowest BCUT2D eigenvalue weighted by atomic mass is 9.97. The lowest BCUT2D eigenvalue weighted by Gasteiger charge is -2.32. The maximum Gasteiger partial charge on any atom is 0.320 e. The van der Waals surface area contributed by atoms with Crippen LogP contribution in [0, 0.1) is 5.82 Å². The molecule has 1 N–H and O–H groups in total. The molecule has 0 aliphatic carbocycles. The number of carboxylic acid groups (broad SMARTS) is 1. The molecule has 5 nitrogen and oxygen atoms in total. The van der Waals surface area contributed by atoms with E-state index in [1.54, 1.807) is 12.3 Å². The van der Waals surface area contributed by atoms with Gasteiger partial charge in [0.05, 0.1) is 7.11 Å². The number of aliphatic carboxylic acids is 1. The first kappa shape index (κ1) is 17.4. The monoisotopic (exact) mass is 344 g/mol. The van der Waals surface area contributed by atoms with Crippen LogP contribution in [-0.2, 0) is 11.2 Å². The molecular formula is C19H21FN2O3. The molecule has 1 aliphatic rings. The molecular weight excluding hydrogens is 323 g/mol. The van der Waals surface area contributed by atoms with Gasteiger partial charge >= 0.3 is 5.97 Å². The summed E-state index contributed by atoms with van der Waals surface area (Å²) in [5.74, 6) is -0.662. The van der Waals surface area contributed by atoms with Gasteiger partial charge in [-0.2, -0.15) is 0 Å². The minimum absolute atomic E-state index is 0.316. The molecule has 2 unspecified atom stereocenters. The average molecular weight is 344 g/mol. The zero-order valence-corrected chi connectivity index (χ0v) is 14.1. The van der Waals surface area contributed by atoms with E-state index in [0.29, 0.717) is 30.7 Å². The molecule has 132 valence electrons. The highest BCUT2D eigenvalue weighted by Crippen LogP contribution is 2.36. The van der Waals surface area contributed by atoms with Gasteiger partial charge in [0.2, 0.25) is 0 Å². The fraction of sp³-hybridized carbons (Fsp3) is 0.368. The third-order valence-corrected chi connectivity index (χ3v) is 4.66. The van der Waals surface area contributed by atoms with Gasteiger partial charge in [-0.05, 0) is 49.7 Å². The Labute approximate surface area is 146 Å². The number of rotatable bonds is 6. The van der Waals surface area contributed by atoms with Crippen molar-refractivity contribution in [3.05, 3.63) is 59.7 Å². The molecule has 1 aromatic heterocycles. The number of likely N-dealkylation sites (tertiary alicyclic amines) is 1. The van der Waals surface area contributed by atoms with Crippen LogP contribution in [0.5, 0.6) is 5.75 Å². The standard InChI is InChI=1S/C19H21FN2O3/c1-25-18-8-7-13(20)11-15(18)17(12-14-5-2-3-9-21-14)22-10-4-6-16(22)19(23)24/h2-3,5,7-9,11,16-17H,4,6,10,12H2,1H3,(H,23,24). The SMILES string of the molecule is COc1ccc(F)cc1C(Cc1ccccn1)N1CCCC1C(=O)O. The van der Waals surface area contributed by atoms with Crippen molar-refractivity contribution in [2.45, 2.75) is 31.3 Å². The van der Waals surface area contributed by atoms with E-state index in [0.717, 1.165) is 12.1 Å². The van der Waals surface area contributed by atoms with Gasteiger partial charge in [0.25, 0.3) is 0 Å². The first-order valence-electron chi connectivity index (χ1n) is 8.32. The lowest BCUT2D eigenvalue weighted by molar-refractivity contribution is -0.143. The molecule has 2 atom stereocenters. The minimum atomic E-state index is -0.848. The molecule has 25 heavy (non-hydrogen) atoms. The number of ether oxygens (including phenoxy) is 1. The molecule has 0 radical (unpaired) electrons. The van der Waals surface area contributed by atoms with E-state index in [1.807, 2.05) is 23.1 Å². The average Bonchev–Trinajstić information content (AvgIpc) is 3.10. The van der Waals surface area contributed by atoms with E-state index in [9.17, 15) is 14.3 Å². The zero-order valence-electron chi connectivity index (χ0n) is 14.1. The molecule has 0 saturated carbocycles. The van der Waals surface area contributed by atoms with Gasteiger partial charge in [-0.1, -0.05) is 6.07 Å². The Morgan fingerprint density at radius 3 is 2.96 bits per heavy atom. The molecule has 0 amide bonds. The van der Waals surface area contributed by atoms with Crippen LogP contribution in [0.3, 0.4) is 0 Å². The van der Waals surface area contributed by atoms with Crippen LogP contribution in [0.25, 0.3) is 0 Å². The Morgan fingerprint density at radius 1 is 1.44 bits per heavy atom. The second kappa shape index (κ2) is 7.61. The molecule has 2 heterocycles. The molecule has 1 fully saturated rings. The third-order valence-electron chi connectivity index (χ3n) is 4.66. The van der Waals surface area contributed by atoms with Crippen molar-refractivity contribution >= 4 is 5.97 Å². The van der Waals surface area contributed by atoms with Crippen LogP contribution in [0.2, 0.25) is 0 Å². The van der Waals surface area contributed by atoms with Crippen LogP contribution in [0.15, 0.2) is 42.6 Å². The van der Waals surface area contributed by atoms with Crippen LogP contribution in [0.4, 0.5) is 4.39 Å².